The number of amides is 1. The van der Waals surface area contributed by atoms with E-state index in [9.17, 15) is 23.3 Å². The van der Waals surface area contributed by atoms with Crippen molar-refractivity contribution in [2.45, 2.75) is 23.3 Å². The molecule has 1 aromatic rings. The van der Waals surface area contributed by atoms with Gasteiger partial charge in [0, 0.05) is 38.4 Å². The van der Waals surface area contributed by atoms with Crippen LogP contribution in [0, 0.1) is 10.1 Å². The highest BCUT2D eigenvalue weighted by atomic mass is 35.5. The van der Waals surface area contributed by atoms with Crippen LogP contribution in [0.1, 0.15) is 12.8 Å². The molecule has 0 saturated carbocycles. The minimum Gasteiger partial charge on any atom is -0.381 e. The number of benzene rings is 1. The third-order valence-corrected chi connectivity index (χ3v) is 5.37. The van der Waals surface area contributed by atoms with Crippen molar-refractivity contribution in [3.8, 4) is 0 Å². The first-order valence-corrected chi connectivity index (χ1v) is 9.12. The van der Waals surface area contributed by atoms with Gasteiger partial charge in [-0.1, -0.05) is 0 Å². The lowest BCUT2D eigenvalue weighted by Gasteiger charge is -2.31. The quantitative estimate of drug-likeness (QED) is 0.324. The zero-order valence-electron chi connectivity index (χ0n) is 13.8. The Balaban J connectivity index is 0.00000338. The monoisotopic (exact) mass is 408 g/mol. The average Bonchev–Trinajstić information content (AvgIpc) is 2.59. The number of nitro benzene ring substituents is 1. The fraction of sp³-hybridized carbons (Fsp3) is 0.500. The van der Waals surface area contributed by atoms with Crippen LogP contribution < -0.4 is 15.8 Å². The van der Waals surface area contributed by atoms with Crippen LogP contribution in [0.2, 0.25) is 0 Å². The summed E-state index contributed by atoms with van der Waals surface area (Å²) in [6, 6.07) is 4.52. The number of nitro groups is 1. The number of sulfonamides is 1. The topological polar surface area (TPSA) is 154 Å². The SMILES string of the molecule is Cl.NC1(C(=O)NCCNS(=O)(=O)c2ccc([N+](=O)[O-])cc2)CCOCC1. The molecule has 1 fully saturated rings. The molecule has 12 heteroatoms. The molecule has 10 nitrogen and oxygen atoms in total. The van der Waals surface area contributed by atoms with Crippen LogP contribution >= 0.6 is 12.4 Å². The Labute approximate surface area is 157 Å². The van der Waals surface area contributed by atoms with Gasteiger partial charge in [-0.05, 0) is 25.0 Å². The Bertz CT molecular complexity index is 734. The van der Waals surface area contributed by atoms with E-state index in [4.69, 9.17) is 10.5 Å². The first-order valence-electron chi connectivity index (χ1n) is 7.64. The van der Waals surface area contributed by atoms with Gasteiger partial charge in [0.25, 0.3) is 5.69 Å². The summed E-state index contributed by atoms with van der Waals surface area (Å²) in [4.78, 5) is 22.0. The molecule has 1 saturated heterocycles. The number of nitrogens with one attached hydrogen (secondary N) is 2. The Kier molecular flexibility index (Phi) is 7.90. The number of non-ortho nitro benzene ring substituents is 1. The highest BCUT2D eigenvalue weighted by molar-refractivity contribution is 7.89. The van der Waals surface area contributed by atoms with Gasteiger partial charge in [0.05, 0.1) is 15.4 Å². The van der Waals surface area contributed by atoms with E-state index in [-0.39, 0.29) is 42.0 Å². The van der Waals surface area contributed by atoms with Crippen molar-refractivity contribution in [1.82, 2.24) is 10.0 Å². The van der Waals surface area contributed by atoms with Crippen LogP contribution in [0.3, 0.4) is 0 Å². The van der Waals surface area contributed by atoms with Gasteiger partial charge in [-0.2, -0.15) is 0 Å². The van der Waals surface area contributed by atoms with Crippen molar-refractivity contribution in [2.24, 2.45) is 5.73 Å². The fourth-order valence-electron chi connectivity index (χ4n) is 2.33. The van der Waals surface area contributed by atoms with E-state index in [1.54, 1.807) is 0 Å². The van der Waals surface area contributed by atoms with E-state index in [0.29, 0.717) is 26.1 Å². The smallest absolute Gasteiger partial charge is 0.269 e. The van der Waals surface area contributed by atoms with Gasteiger partial charge in [0.1, 0.15) is 0 Å². The first-order chi connectivity index (χ1) is 11.7. The van der Waals surface area contributed by atoms with Crippen LogP contribution in [0.25, 0.3) is 0 Å². The molecule has 4 N–H and O–H groups in total. The third kappa shape index (κ3) is 5.61. The zero-order valence-corrected chi connectivity index (χ0v) is 15.5. The van der Waals surface area contributed by atoms with E-state index in [0.717, 1.165) is 24.3 Å². The minimum absolute atomic E-state index is 0. The molecule has 0 aliphatic carbocycles. The fourth-order valence-corrected chi connectivity index (χ4v) is 3.36. The third-order valence-electron chi connectivity index (χ3n) is 3.90. The highest BCUT2D eigenvalue weighted by Gasteiger charge is 2.35. The molecule has 0 spiro atoms. The number of carbonyl (C=O) groups is 1. The molecule has 2 rings (SSSR count). The van der Waals surface area contributed by atoms with Crippen molar-refractivity contribution in [2.75, 3.05) is 26.3 Å². The van der Waals surface area contributed by atoms with Crippen molar-refractivity contribution >= 4 is 34.0 Å². The normalized spacial score (nSPS) is 16.3. The second kappa shape index (κ2) is 9.24. The summed E-state index contributed by atoms with van der Waals surface area (Å²) in [6.45, 7) is 0.871. The Morgan fingerprint density at radius 3 is 2.35 bits per heavy atom. The number of hydrogen-bond donors (Lipinski definition) is 3. The molecule has 1 aromatic carbocycles. The van der Waals surface area contributed by atoms with E-state index >= 15 is 0 Å². The van der Waals surface area contributed by atoms with Gasteiger partial charge in [0.15, 0.2) is 0 Å². The maximum absolute atomic E-state index is 12.1. The molecule has 26 heavy (non-hydrogen) atoms. The maximum Gasteiger partial charge on any atom is 0.269 e. The maximum atomic E-state index is 12.1. The lowest BCUT2D eigenvalue weighted by molar-refractivity contribution is -0.384. The number of rotatable bonds is 7. The Morgan fingerprint density at radius 2 is 1.81 bits per heavy atom. The summed E-state index contributed by atoms with van der Waals surface area (Å²) < 4.78 is 31.7. The molecular formula is C14H21ClN4O6S. The number of ether oxygens (including phenoxy) is 1. The van der Waals surface area contributed by atoms with Gasteiger partial charge >= 0.3 is 0 Å². The van der Waals surface area contributed by atoms with E-state index < -0.39 is 20.5 Å². The molecular weight excluding hydrogens is 388 g/mol. The zero-order chi connectivity index (χ0) is 18.5. The molecule has 0 unspecified atom stereocenters. The average molecular weight is 409 g/mol. The van der Waals surface area contributed by atoms with E-state index in [2.05, 4.69) is 10.0 Å². The minimum atomic E-state index is -3.82. The van der Waals surface area contributed by atoms with Crippen LogP contribution in [-0.4, -0.2) is 51.1 Å². The van der Waals surface area contributed by atoms with Gasteiger partial charge in [-0.3, -0.25) is 14.9 Å². The molecule has 0 bridgehead atoms. The Hall–Kier alpha value is -1.79. The van der Waals surface area contributed by atoms with Crippen LogP contribution in [0.5, 0.6) is 0 Å². The number of nitrogens with two attached hydrogens (primary N) is 1. The first kappa shape index (κ1) is 22.3. The van der Waals surface area contributed by atoms with E-state index in [1.807, 2.05) is 0 Å². The van der Waals surface area contributed by atoms with Gasteiger partial charge < -0.3 is 15.8 Å². The number of hydrogen-bond acceptors (Lipinski definition) is 7. The van der Waals surface area contributed by atoms with Crippen molar-refractivity contribution in [3.63, 3.8) is 0 Å². The van der Waals surface area contributed by atoms with Crippen LogP contribution in [-0.2, 0) is 19.6 Å². The van der Waals surface area contributed by atoms with Crippen molar-refractivity contribution in [1.29, 1.82) is 0 Å². The predicted octanol–water partition coefficient (Wildman–Crippen LogP) is -0.0810. The summed E-state index contributed by atoms with van der Waals surface area (Å²) in [6.07, 6.45) is 0.820. The van der Waals surface area contributed by atoms with Crippen molar-refractivity contribution < 1.29 is 22.9 Å². The number of nitrogens with zero attached hydrogens (tertiary/aromatic N) is 1. The Morgan fingerprint density at radius 1 is 1.23 bits per heavy atom. The highest BCUT2D eigenvalue weighted by Crippen LogP contribution is 2.17. The summed E-state index contributed by atoms with van der Waals surface area (Å²) in [5.41, 5.74) is 4.83. The second-order valence-electron chi connectivity index (χ2n) is 5.67. The molecule has 146 valence electrons. The predicted molar refractivity (Wildman–Crippen MR) is 95.5 cm³/mol. The second-order valence-corrected chi connectivity index (χ2v) is 7.44. The van der Waals surface area contributed by atoms with Crippen LogP contribution in [0.4, 0.5) is 5.69 Å². The summed E-state index contributed by atoms with van der Waals surface area (Å²) >= 11 is 0. The molecule has 1 amide bonds. The summed E-state index contributed by atoms with van der Waals surface area (Å²) in [5, 5.41) is 13.2. The largest absolute Gasteiger partial charge is 0.381 e. The lowest BCUT2D eigenvalue weighted by Crippen LogP contribution is -2.57. The van der Waals surface area contributed by atoms with Gasteiger partial charge in [-0.25, -0.2) is 13.1 Å². The van der Waals surface area contributed by atoms with Crippen LogP contribution in [0.15, 0.2) is 29.2 Å². The summed E-state index contributed by atoms with van der Waals surface area (Å²) in [5.74, 6) is -0.342. The summed E-state index contributed by atoms with van der Waals surface area (Å²) in [7, 11) is -3.82. The molecule has 1 aliphatic heterocycles. The molecule has 1 heterocycles. The van der Waals surface area contributed by atoms with Gasteiger partial charge in [0.2, 0.25) is 15.9 Å². The lowest BCUT2D eigenvalue weighted by atomic mass is 9.90. The van der Waals surface area contributed by atoms with E-state index in [1.165, 1.54) is 0 Å². The number of halogens is 1. The molecule has 1 aliphatic rings. The molecule has 0 aromatic heterocycles. The molecule has 0 atom stereocenters. The number of carbonyl (C=O) groups excluding carboxylic acids is 1. The standard InChI is InChI=1S/C14H20N4O6S.ClH/c15-14(5-9-24-10-6-14)13(19)16-7-8-17-25(22,23)12-3-1-11(2-4-12)18(20)21;/h1-4,17H,5-10,15H2,(H,16,19);1H. The van der Waals surface area contributed by atoms with Gasteiger partial charge in [-0.15, -0.1) is 12.4 Å². The molecule has 0 radical (unpaired) electrons. The van der Waals surface area contributed by atoms with Crippen molar-refractivity contribution in [3.05, 3.63) is 34.4 Å².